The van der Waals surface area contributed by atoms with Gasteiger partial charge in [0.2, 0.25) is 23.3 Å². The van der Waals surface area contributed by atoms with Crippen LogP contribution in [-0.2, 0) is 0 Å². The molecule has 0 spiro atoms. The second-order valence-electron chi connectivity index (χ2n) is 27.7. The second kappa shape index (κ2) is 47.7. The minimum Gasteiger partial charge on any atom is -0.490 e. The molecule has 0 bridgehead atoms. The molecule has 0 saturated heterocycles. The van der Waals surface area contributed by atoms with Crippen molar-refractivity contribution in [3.05, 3.63) is 117 Å². The lowest BCUT2D eigenvalue weighted by molar-refractivity contribution is 0.286. The zero-order chi connectivity index (χ0) is 70.9. The standard InChI is InChI=1S/C23H32F2O.C22H30F2O.C21H28F2O.C20H26F2O/c1-3-5-7-17-26-21-16-15-20(22(24)23(21)25)14-13-19-11-9-18(10-12-19)8-6-4-2;1-3-5-6-16-25-20-15-14-19(21(23)22(20)24)13-12-18-10-8-17(7-4-2)9-11-18;1-3-5-6-15-24-19-14-13-18(20(22)21(19)23)12-11-17-9-7-16(4-2)8-10-17;1-3-4-5-14-23-18-13-12-17(19(21)20(18)22)11-10-16-8-6-15(2)7-9-16/h15-16,18-19H,3-12,17H2,1-2H3;14-15,17-18H,3-11,16H2,1-2H3;13-14,16-17H,3-10,15H2,1-2H3;12-13,15-16H,3-9,14H2,1-2H3. The maximum atomic E-state index is 14.2. The van der Waals surface area contributed by atoms with Crippen LogP contribution >= 0.6 is 0 Å². The van der Waals surface area contributed by atoms with E-state index in [2.05, 4.69) is 103 Å². The number of benzene rings is 4. The van der Waals surface area contributed by atoms with Crippen LogP contribution in [0.5, 0.6) is 23.0 Å². The van der Waals surface area contributed by atoms with Crippen molar-refractivity contribution in [2.45, 2.75) is 274 Å². The molecule has 0 heterocycles. The highest BCUT2D eigenvalue weighted by atomic mass is 19.2. The summed E-state index contributed by atoms with van der Waals surface area (Å²) in [5, 5.41) is 0. The molecule has 8 rings (SSSR count). The highest BCUT2D eigenvalue weighted by molar-refractivity contribution is 5.44. The average Bonchev–Trinajstić information content (AvgIpc) is 0.890. The quantitative estimate of drug-likeness (QED) is 0.0357. The number of hydrogen-bond donors (Lipinski definition) is 0. The third-order valence-corrected chi connectivity index (χ3v) is 19.6. The molecule has 98 heavy (non-hydrogen) atoms. The average molecular weight is 1370 g/mol. The molecule has 4 saturated carbocycles. The Balaban J connectivity index is 0.000000236. The van der Waals surface area contributed by atoms with Crippen LogP contribution in [0.15, 0.2) is 48.5 Å². The molecule has 0 unspecified atom stereocenters. The van der Waals surface area contributed by atoms with E-state index in [1.807, 2.05) is 0 Å². The minimum atomic E-state index is -0.925. The molecule has 0 amide bonds. The Kier molecular flexibility index (Phi) is 40.2. The van der Waals surface area contributed by atoms with Gasteiger partial charge in [-0.3, -0.25) is 0 Å². The number of hydrogen-bond acceptors (Lipinski definition) is 4. The maximum absolute atomic E-state index is 14.2. The molecule has 4 aromatic rings. The molecular formula is C86H116F8O4. The number of halogens is 8. The van der Waals surface area contributed by atoms with Crippen molar-refractivity contribution in [3.8, 4) is 70.4 Å². The van der Waals surface area contributed by atoms with Gasteiger partial charge in [-0.2, -0.15) is 17.6 Å². The van der Waals surface area contributed by atoms with E-state index < -0.39 is 46.5 Å². The molecule has 0 atom stereocenters. The van der Waals surface area contributed by atoms with Gasteiger partial charge in [-0.25, -0.2) is 17.6 Å². The van der Waals surface area contributed by atoms with Gasteiger partial charge in [0.1, 0.15) is 0 Å². The Morgan fingerprint density at radius 1 is 0.286 bits per heavy atom. The van der Waals surface area contributed by atoms with Crippen LogP contribution in [0.25, 0.3) is 0 Å². The van der Waals surface area contributed by atoms with E-state index in [4.69, 9.17) is 18.9 Å². The molecule has 540 valence electrons. The molecule has 4 nitrogen and oxygen atoms in total. The lowest BCUT2D eigenvalue weighted by Crippen LogP contribution is -2.13. The predicted octanol–water partition coefficient (Wildman–Crippen LogP) is 25.2. The van der Waals surface area contributed by atoms with Crippen molar-refractivity contribution in [2.24, 2.45) is 47.3 Å². The molecule has 4 aromatic carbocycles. The first-order valence-electron chi connectivity index (χ1n) is 38.1. The zero-order valence-corrected chi connectivity index (χ0v) is 60.8. The van der Waals surface area contributed by atoms with E-state index in [0.717, 1.165) is 152 Å². The van der Waals surface area contributed by atoms with E-state index in [9.17, 15) is 35.1 Å². The summed E-state index contributed by atoms with van der Waals surface area (Å²) in [7, 11) is 0. The fraction of sp³-hybridized carbons (Fsp3) is 0.628. The summed E-state index contributed by atoms with van der Waals surface area (Å²) < 4.78 is 134. The van der Waals surface area contributed by atoms with Crippen LogP contribution in [-0.4, -0.2) is 26.4 Å². The van der Waals surface area contributed by atoms with Crippen LogP contribution < -0.4 is 18.9 Å². The Morgan fingerprint density at radius 2 is 0.541 bits per heavy atom. The summed E-state index contributed by atoms with van der Waals surface area (Å²) in [6.07, 6.45) is 37.4. The SMILES string of the molecule is CCCCCOc1ccc(C#CC2CCC(C)CC2)c(F)c1F.CCCCCOc1ccc(C#CC2CCC(CC)CC2)c(F)c1F.CCCCCOc1ccc(C#CC2CCC(CCC)CC2)c(F)c1F.CCCCCOc1ccc(C#CC2CCC(CCCC)CC2)c(F)c1F. The lowest BCUT2D eigenvalue weighted by atomic mass is 9.80. The first kappa shape index (κ1) is 82.4. The topological polar surface area (TPSA) is 36.9 Å². The smallest absolute Gasteiger partial charge is 0.201 e. The van der Waals surface area contributed by atoms with E-state index >= 15 is 0 Å². The van der Waals surface area contributed by atoms with Crippen molar-refractivity contribution < 1.29 is 54.1 Å². The highest BCUT2D eigenvalue weighted by Crippen LogP contribution is 2.35. The van der Waals surface area contributed by atoms with Gasteiger partial charge in [0.25, 0.3) is 0 Å². The van der Waals surface area contributed by atoms with Crippen molar-refractivity contribution in [2.75, 3.05) is 26.4 Å². The van der Waals surface area contributed by atoms with Gasteiger partial charge in [0, 0.05) is 23.7 Å². The summed E-state index contributed by atoms with van der Waals surface area (Å²) in [5.41, 5.74) is 0.527. The van der Waals surface area contributed by atoms with Crippen LogP contribution in [0, 0.1) is 141 Å². The third-order valence-electron chi connectivity index (χ3n) is 19.6. The van der Waals surface area contributed by atoms with Gasteiger partial charge in [0.05, 0.1) is 48.7 Å². The Bertz CT molecular complexity index is 3190. The van der Waals surface area contributed by atoms with Crippen LogP contribution in [0.4, 0.5) is 35.1 Å². The predicted molar refractivity (Wildman–Crippen MR) is 385 cm³/mol. The molecular weight excluding hydrogens is 1250 g/mol. The summed E-state index contributed by atoms with van der Waals surface area (Å²) in [6.45, 7) is 18.9. The normalized spacial score (nSPS) is 20.2. The number of ether oxygens (including phenoxy) is 4. The Hall–Kier alpha value is -6.24. The lowest BCUT2D eigenvalue weighted by Gasteiger charge is -2.25. The summed E-state index contributed by atoms with van der Waals surface area (Å²) >= 11 is 0. The van der Waals surface area contributed by atoms with Gasteiger partial charge in [0.15, 0.2) is 46.3 Å². The summed E-state index contributed by atoms with van der Waals surface area (Å²) in [4.78, 5) is 0. The molecule has 4 fully saturated rings. The second-order valence-corrected chi connectivity index (χ2v) is 27.7. The first-order valence-corrected chi connectivity index (χ1v) is 38.1. The molecule has 0 N–H and O–H groups in total. The van der Waals surface area contributed by atoms with Crippen LogP contribution in [0.3, 0.4) is 0 Å². The van der Waals surface area contributed by atoms with Gasteiger partial charge in [-0.1, -0.05) is 193 Å². The molecule has 0 aliphatic heterocycles. The third kappa shape index (κ3) is 29.5. The van der Waals surface area contributed by atoms with Gasteiger partial charge in [-0.15, -0.1) is 0 Å². The van der Waals surface area contributed by atoms with Gasteiger partial charge < -0.3 is 18.9 Å². The molecule has 4 aliphatic rings. The fourth-order valence-electron chi connectivity index (χ4n) is 13.0. The molecule has 0 radical (unpaired) electrons. The van der Waals surface area contributed by atoms with Crippen molar-refractivity contribution in [1.29, 1.82) is 0 Å². The molecule has 0 aromatic heterocycles. The van der Waals surface area contributed by atoms with Crippen molar-refractivity contribution in [1.82, 2.24) is 0 Å². The largest absolute Gasteiger partial charge is 0.490 e. The number of unbranched alkanes of at least 4 members (excludes halogenated alkanes) is 9. The van der Waals surface area contributed by atoms with E-state index in [-0.39, 0.29) is 45.3 Å². The minimum absolute atomic E-state index is 0.0133. The van der Waals surface area contributed by atoms with E-state index in [0.29, 0.717) is 50.1 Å². The monoisotopic (exact) mass is 1360 g/mol. The van der Waals surface area contributed by atoms with Crippen molar-refractivity contribution >= 4 is 0 Å². The zero-order valence-electron chi connectivity index (χ0n) is 60.8. The maximum Gasteiger partial charge on any atom is 0.201 e. The van der Waals surface area contributed by atoms with E-state index in [1.165, 1.54) is 138 Å². The van der Waals surface area contributed by atoms with Gasteiger partial charge >= 0.3 is 0 Å². The molecule has 12 heteroatoms. The van der Waals surface area contributed by atoms with Crippen LogP contribution in [0.2, 0.25) is 0 Å². The van der Waals surface area contributed by atoms with Gasteiger partial charge in [-0.05, 0) is 201 Å². The van der Waals surface area contributed by atoms with Crippen LogP contribution in [0.1, 0.15) is 296 Å². The molecule has 4 aliphatic carbocycles. The first-order chi connectivity index (χ1) is 47.6. The summed E-state index contributed by atoms with van der Waals surface area (Å²) in [6, 6.07) is 12.1. The van der Waals surface area contributed by atoms with E-state index in [1.54, 1.807) is 0 Å². The Morgan fingerprint density at radius 3 is 0.796 bits per heavy atom. The number of rotatable bonds is 26. The highest BCUT2D eigenvalue weighted by Gasteiger charge is 2.24. The van der Waals surface area contributed by atoms with Crippen molar-refractivity contribution in [3.63, 3.8) is 0 Å². The fourth-order valence-corrected chi connectivity index (χ4v) is 13.0. The summed E-state index contributed by atoms with van der Waals surface area (Å²) in [5.74, 6) is 21.1. The Labute approximate surface area is 586 Å².